The van der Waals surface area contributed by atoms with Crippen LogP contribution in [0.15, 0.2) is 43.1 Å². The monoisotopic (exact) mass is 336 g/mol. The van der Waals surface area contributed by atoms with Crippen LogP contribution in [0.5, 0.6) is 0 Å². The van der Waals surface area contributed by atoms with Gasteiger partial charge in [-0.2, -0.15) is 0 Å². The predicted octanol–water partition coefficient (Wildman–Crippen LogP) is 3.92. The van der Waals surface area contributed by atoms with E-state index in [1.807, 2.05) is 29.1 Å². The Hall–Kier alpha value is -2.76. The molecule has 0 aliphatic carbocycles. The van der Waals surface area contributed by atoms with Gasteiger partial charge < -0.3 is 5.32 Å². The molecule has 3 aromatic rings. The highest BCUT2D eigenvalue weighted by Crippen LogP contribution is 2.20. The van der Waals surface area contributed by atoms with Crippen molar-refractivity contribution in [1.82, 2.24) is 24.5 Å². The van der Waals surface area contributed by atoms with Gasteiger partial charge in [-0.05, 0) is 17.5 Å². The second kappa shape index (κ2) is 7.42. The average molecular weight is 336 g/mol. The molecule has 6 nitrogen and oxygen atoms in total. The third-order valence-corrected chi connectivity index (χ3v) is 3.92. The summed E-state index contributed by atoms with van der Waals surface area (Å²) in [6.07, 6.45) is 7.23. The van der Waals surface area contributed by atoms with Crippen molar-refractivity contribution < 1.29 is 0 Å². The number of nitrogens with one attached hydrogen (secondary N) is 1. The van der Waals surface area contributed by atoms with Crippen LogP contribution in [0.25, 0.3) is 5.82 Å². The van der Waals surface area contributed by atoms with E-state index in [9.17, 15) is 0 Å². The highest BCUT2D eigenvalue weighted by atomic mass is 15.1. The molecule has 3 rings (SSSR count). The third kappa shape index (κ3) is 4.21. The third-order valence-electron chi connectivity index (χ3n) is 3.92. The smallest absolute Gasteiger partial charge is 0.137 e. The number of imidazole rings is 1. The van der Waals surface area contributed by atoms with Crippen LogP contribution >= 0.6 is 0 Å². The Morgan fingerprint density at radius 3 is 2.52 bits per heavy atom. The number of anilines is 1. The fourth-order valence-electron chi connectivity index (χ4n) is 2.39. The lowest BCUT2D eigenvalue weighted by Gasteiger charge is -2.13. The van der Waals surface area contributed by atoms with Crippen LogP contribution in [0, 0.1) is 0 Å². The minimum absolute atomic E-state index is 0.301. The van der Waals surface area contributed by atoms with E-state index < -0.39 is 0 Å². The summed E-state index contributed by atoms with van der Waals surface area (Å²) >= 11 is 0. The molecule has 25 heavy (non-hydrogen) atoms. The molecule has 0 aliphatic heterocycles. The molecular formula is C19H24N6. The van der Waals surface area contributed by atoms with Gasteiger partial charge in [-0.25, -0.2) is 19.9 Å². The van der Waals surface area contributed by atoms with Crippen LogP contribution in [0.3, 0.4) is 0 Å². The Bertz CT molecular complexity index is 780. The van der Waals surface area contributed by atoms with Gasteiger partial charge in [0.1, 0.15) is 23.8 Å². The Morgan fingerprint density at radius 2 is 1.92 bits per heavy atom. The quantitative estimate of drug-likeness (QED) is 0.739. The SMILES string of the molecule is CC(C)c1cc(NCc2ccc(-n3ccnc3)nc2)nc(C(C)C)n1. The zero-order valence-electron chi connectivity index (χ0n) is 15.1. The predicted molar refractivity (Wildman–Crippen MR) is 98.9 cm³/mol. The molecule has 0 atom stereocenters. The highest BCUT2D eigenvalue weighted by molar-refractivity contribution is 5.38. The Labute approximate surface area is 148 Å². The summed E-state index contributed by atoms with van der Waals surface area (Å²) in [6.45, 7) is 9.19. The minimum Gasteiger partial charge on any atom is -0.366 e. The van der Waals surface area contributed by atoms with Crippen molar-refractivity contribution >= 4 is 5.82 Å². The summed E-state index contributed by atoms with van der Waals surface area (Å²) in [5, 5.41) is 3.40. The van der Waals surface area contributed by atoms with Crippen LogP contribution < -0.4 is 5.32 Å². The number of hydrogen-bond acceptors (Lipinski definition) is 5. The van der Waals surface area contributed by atoms with Crippen molar-refractivity contribution in [3.8, 4) is 5.82 Å². The standard InChI is InChI=1S/C19H24N6/c1-13(2)16-9-17(24-19(23-16)14(3)4)21-10-15-5-6-18(22-11-15)25-8-7-20-12-25/h5-9,11-14H,10H2,1-4H3,(H,21,23,24). The Kier molecular flexibility index (Phi) is 5.07. The lowest BCUT2D eigenvalue weighted by Crippen LogP contribution is -2.09. The van der Waals surface area contributed by atoms with E-state index in [1.165, 1.54) is 0 Å². The fourth-order valence-corrected chi connectivity index (χ4v) is 2.39. The van der Waals surface area contributed by atoms with E-state index in [0.717, 1.165) is 28.7 Å². The molecule has 1 N–H and O–H groups in total. The molecule has 0 unspecified atom stereocenters. The number of rotatable bonds is 6. The van der Waals surface area contributed by atoms with Crippen molar-refractivity contribution in [1.29, 1.82) is 0 Å². The molecule has 0 saturated heterocycles. The molecule has 130 valence electrons. The number of pyridine rings is 1. The lowest BCUT2D eigenvalue weighted by atomic mass is 10.1. The molecule has 0 fully saturated rings. The number of hydrogen-bond donors (Lipinski definition) is 1. The van der Waals surface area contributed by atoms with Gasteiger partial charge in [-0.1, -0.05) is 33.8 Å². The largest absolute Gasteiger partial charge is 0.366 e. The van der Waals surface area contributed by atoms with Gasteiger partial charge in [-0.3, -0.25) is 4.57 Å². The Morgan fingerprint density at radius 1 is 1.08 bits per heavy atom. The molecule has 3 aromatic heterocycles. The van der Waals surface area contributed by atoms with Gasteiger partial charge in [0, 0.05) is 42.8 Å². The zero-order chi connectivity index (χ0) is 17.8. The van der Waals surface area contributed by atoms with Crippen molar-refractivity contribution in [2.24, 2.45) is 0 Å². The molecule has 6 heteroatoms. The van der Waals surface area contributed by atoms with Crippen molar-refractivity contribution in [2.45, 2.75) is 46.1 Å². The molecule has 0 saturated carbocycles. The van der Waals surface area contributed by atoms with E-state index in [0.29, 0.717) is 18.4 Å². The molecule has 0 spiro atoms. The van der Waals surface area contributed by atoms with E-state index in [-0.39, 0.29) is 0 Å². The van der Waals surface area contributed by atoms with Crippen LogP contribution in [0.1, 0.15) is 56.6 Å². The van der Waals surface area contributed by atoms with Gasteiger partial charge in [0.25, 0.3) is 0 Å². The first-order valence-electron chi connectivity index (χ1n) is 8.59. The second-order valence-electron chi connectivity index (χ2n) is 6.69. The van der Waals surface area contributed by atoms with Crippen LogP contribution in [0.2, 0.25) is 0 Å². The summed E-state index contributed by atoms with van der Waals surface area (Å²) in [5.41, 5.74) is 2.16. The molecular weight excluding hydrogens is 312 g/mol. The van der Waals surface area contributed by atoms with E-state index in [2.05, 4.69) is 59.0 Å². The van der Waals surface area contributed by atoms with Crippen molar-refractivity contribution in [3.05, 3.63) is 60.2 Å². The molecule has 0 amide bonds. The Balaban J connectivity index is 1.72. The van der Waals surface area contributed by atoms with Crippen molar-refractivity contribution in [2.75, 3.05) is 5.32 Å². The molecule has 3 heterocycles. The summed E-state index contributed by atoms with van der Waals surface area (Å²) in [5.74, 6) is 3.27. The van der Waals surface area contributed by atoms with Crippen molar-refractivity contribution in [3.63, 3.8) is 0 Å². The molecule has 0 bridgehead atoms. The fraction of sp³-hybridized carbons (Fsp3) is 0.368. The zero-order valence-corrected chi connectivity index (χ0v) is 15.1. The topological polar surface area (TPSA) is 68.5 Å². The van der Waals surface area contributed by atoms with Gasteiger partial charge >= 0.3 is 0 Å². The van der Waals surface area contributed by atoms with Gasteiger partial charge in [0.15, 0.2) is 0 Å². The normalized spacial score (nSPS) is 11.3. The summed E-state index contributed by atoms with van der Waals surface area (Å²) < 4.78 is 1.88. The first-order chi connectivity index (χ1) is 12.0. The van der Waals surface area contributed by atoms with Crippen LogP contribution in [-0.4, -0.2) is 24.5 Å². The van der Waals surface area contributed by atoms with Crippen LogP contribution in [0.4, 0.5) is 5.82 Å². The first kappa shape index (κ1) is 17.1. The van der Waals surface area contributed by atoms with E-state index in [1.54, 1.807) is 12.5 Å². The molecule has 0 aromatic carbocycles. The van der Waals surface area contributed by atoms with E-state index >= 15 is 0 Å². The first-order valence-corrected chi connectivity index (χ1v) is 8.59. The number of aromatic nitrogens is 5. The van der Waals surface area contributed by atoms with Crippen LogP contribution in [-0.2, 0) is 6.54 Å². The summed E-state index contributed by atoms with van der Waals surface area (Å²) in [7, 11) is 0. The average Bonchev–Trinajstić information content (AvgIpc) is 3.14. The maximum Gasteiger partial charge on any atom is 0.137 e. The minimum atomic E-state index is 0.301. The lowest BCUT2D eigenvalue weighted by molar-refractivity contribution is 0.730. The van der Waals surface area contributed by atoms with Gasteiger partial charge in [0.2, 0.25) is 0 Å². The maximum absolute atomic E-state index is 4.66. The maximum atomic E-state index is 4.66. The molecule has 0 radical (unpaired) electrons. The van der Waals surface area contributed by atoms with Gasteiger partial charge in [-0.15, -0.1) is 0 Å². The second-order valence-corrected chi connectivity index (χ2v) is 6.69. The number of nitrogens with zero attached hydrogens (tertiary/aromatic N) is 5. The summed E-state index contributed by atoms with van der Waals surface area (Å²) in [4.78, 5) is 17.8. The summed E-state index contributed by atoms with van der Waals surface area (Å²) in [6, 6.07) is 6.07. The highest BCUT2D eigenvalue weighted by Gasteiger charge is 2.10. The van der Waals surface area contributed by atoms with E-state index in [4.69, 9.17) is 0 Å². The molecule has 0 aliphatic rings. The van der Waals surface area contributed by atoms with Gasteiger partial charge in [0.05, 0.1) is 0 Å².